The Labute approximate surface area is 101 Å². The number of rotatable bonds is 3. The second-order valence-corrected chi connectivity index (χ2v) is 3.68. The lowest BCUT2D eigenvalue weighted by Crippen LogP contribution is -2.03. The molecule has 2 aromatic rings. The van der Waals surface area contributed by atoms with Gasteiger partial charge in [-0.2, -0.15) is 0 Å². The van der Waals surface area contributed by atoms with E-state index in [9.17, 15) is 0 Å². The van der Waals surface area contributed by atoms with Gasteiger partial charge in [0.25, 0.3) is 0 Å². The fourth-order valence-electron chi connectivity index (χ4n) is 1.95. The molecule has 2 rings (SSSR count). The van der Waals surface area contributed by atoms with Gasteiger partial charge in [0.1, 0.15) is 5.75 Å². The predicted octanol–water partition coefficient (Wildman–Crippen LogP) is 2.13. The quantitative estimate of drug-likeness (QED) is 0.849. The summed E-state index contributed by atoms with van der Waals surface area (Å²) in [5.41, 5.74) is 9.25. The summed E-state index contributed by atoms with van der Waals surface area (Å²) in [4.78, 5) is 3.35. The Morgan fingerprint density at radius 1 is 1.41 bits per heavy atom. The third-order valence-corrected chi connectivity index (χ3v) is 2.72. The largest absolute Gasteiger partial charge is 0.497 e. The topological polar surface area (TPSA) is 74.8 Å². The number of aromatic nitrogens is 1. The predicted molar refractivity (Wildman–Crippen MR) is 69.0 cm³/mol. The number of hydrogen-bond donors (Lipinski definition) is 2. The molecule has 0 atom stereocenters. The van der Waals surface area contributed by atoms with E-state index >= 15 is 0 Å². The second-order valence-electron chi connectivity index (χ2n) is 3.68. The number of nitrogens with two attached hydrogens (primary N) is 1. The lowest BCUT2D eigenvalue weighted by atomic mass is 10.1. The average molecular weight is 231 g/mol. The number of hydrogen-bond acceptors (Lipinski definition) is 3. The Balaban J connectivity index is 0.000000686. The van der Waals surface area contributed by atoms with Gasteiger partial charge in [-0.05, 0) is 43.7 Å². The highest BCUT2D eigenvalue weighted by atomic mass is 16.5. The zero-order valence-corrected chi connectivity index (χ0v) is 10.2. The van der Waals surface area contributed by atoms with Crippen LogP contribution in [0.3, 0.4) is 0 Å². The highest BCUT2D eigenvalue weighted by molar-refractivity contribution is 5.86. The van der Waals surface area contributed by atoms with Crippen molar-refractivity contribution >= 4 is 10.9 Å². The van der Waals surface area contributed by atoms with E-state index in [1.807, 2.05) is 12.1 Å². The summed E-state index contributed by atoms with van der Waals surface area (Å²) in [6, 6.07) is 6.06. The average Bonchev–Trinajstić information content (AvgIpc) is 2.68. The van der Waals surface area contributed by atoms with Crippen molar-refractivity contribution in [3.8, 4) is 12.3 Å². The molecule has 17 heavy (non-hydrogen) atoms. The molecule has 90 valence electrons. The van der Waals surface area contributed by atoms with Crippen LogP contribution in [0, 0.1) is 18.8 Å². The lowest BCUT2D eigenvalue weighted by molar-refractivity contribution is 0.415. The van der Waals surface area contributed by atoms with E-state index in [-0.39, 0.29) is 0 Å². The van der Waals surface area contributed by atoms with Crippen LogP contribution in [0.15, 0.2) is 18.2 Å². The highest BCUT2D eigenvalue weighted by Gasteiger charge is 2.08. The number of H-pyrrole nitrogens is 1. The number of aryl methyl sites for hydroxylation is 1. The number of nitrogens with zero attached hydrogens (tertiary/aromatic N) is 1. The Hall–Kier alpha value is -1.99. The van der Waals surface area contributed by atoms with Gasteiger partial charge in [-0.3, -0.25) is 0 Å². The van der Waals surface area contributed by atoms with Crippen molar-refractivity contribution in [1.29, 1.82) is 5.26 Å². The first kappa shape index (κ1) is 13.1. The van der Waals surface area contributed by atoms with Gasteiger partial charge < -0.3 is 15.5 Å². The number of ether oxygens (including phenoxy) is 1. The van der Waals surface area contributed by atoms with E-state index in [0.717, 1.165) is 17.7 Å². The van der Waals surface area contributed by atoms with Crippen LogP contribution < -0.4 is 10.5 Å². The third kappa shape index (κ3) is 2.58. The minimum absolute atomic E-state index is 0.672. The molecule has 0 amide bonds. The molecule has 4 heteroatoms. The van der Waals surface area contributed by atoms with Crippen molar-refractivity contribution in [2.24, 2.45) is 5.73 Å². The first-order chi connectivity index (χ1) is 8.26. The van der Waals surface area contributed by atoms with Gasteiger partial charge in [-0.1, -0.05) is 0 Å². The zero-order chi connectivity index (χ0) is 12.8. The number of nitriles is 1. The maximum absolute atomic E-state index is 6.50. The Kier molecular flexibility index (Phi) is 4.56. The SMILES string of the molecule is C#N.COc1ccc2[nH]c(C)c(CCN)c2c1. The Morgan fingerprint density at radius 3 is 2.71 bits per heavy atom. The first-order valence-corrected chi connectivity index (χ1v) is 5.37. The first-order valence-electron chi connectivity index (χ1n) is 5.37. The van der Waals surface area contributed by atoms with E-state index in [1.165, 1.54) is 16.6 Å². The number of nitrogens with one attached hydrogen (secondary N) is 1. The molecule has 0 fully saturated rings. The van der Waals surface area contributed by atoms with Crippen molar-refractivity contribution in [3.05, 3.63) is 29.5 Å². The summed E-state index contributed by atoms with van der Waals surface area (Å²) >= 11 is 0. The van der Waals surface area contributed by atoms with Crippen LogP contribution in [0.25, 0.3) is 10.9 Å². The fraction of sp³-hybridized carbons (Fsp3) is 0.308. The minimum atomic E-state index is 0.672. The summed E-state index contributed by atoms with van der Waals surface area (Å²) in [7, 11) is 1.68. The van der Waals surface area contributed by atoms with E-state index in [2.05, 4.69) is 24.5 Å². The number of benzene rings is 1. The van der Waals surface area contributed by atoms with Gasteiger partial charge >= 0.3 is 0 Å². The number of methoxy groups -OCH3 is 1. The minimum Gasteiger partial charge on any atom is -0.497 e. The zero-order valence-electron chi connectivity index (χ0n) is 10.2. The third-order valence-electron chi connectivity index (χ3n) is 2.72. The van der Waals surface area contributed by atoms with Gasteiger partial charge in [0, 0.05) is 23.2 Å². The molecular formula is C13H17N3O. The summed E-state index contributed by atoms with van der Waals surface area (Å²) < 4.78 is 5.22. The summed E-state index contributed by atoms with van der Waals surface area (Å²) in [5.74, 6) is 0.889. The molecule has 1 heterocycles. The molecule has 0 aliphatic carbocycles. The number of fused-ring (bicyclic) bond motifs is 1. The van der Waals surface area contributed by atoms with Gasteiger partial charge in [0.15, 0.2) is 0 Å². The fourth-order valence-corrected chi connectivity index (χ4v) is 1.95. The van der Waals surface area contributed by atoms with Crippen LogP contribution in [0.4, 0.5) is 0 Å². The lowest BCUT2D eigenvalue weighted by Gasteiger charge is -2.01. The molecule has 0 aliphatic rings. The van der Waals surface area contributed by atoms with Gasteiger partial charge in [0.05, 0.1) is 7.11 Å². The molecule has 0 saturated heterocycles. The van der Waals surface area contributed by atoms with Crippen LogP contribution in [0.1, 0.15) is 11.3 Å². The molecule has 1 aromatic heterocycles. The molecule has 0 aliphatic heterocycles. The van der Waals surface area contributed by atoms with E-state index in [1.54, 1.807) is 7.11 Å². The van der Waals surface area contributed by atoms with Crippen LogP contribution in [0.2, 0.25) is 0 Å². The van der Waals surface area contributed by atoms with Crippen molar-refractivity contribution < 1.29 is 4.74 Å². The standard InChI is InChI=1S/C12H16N2O.CHN/c1-8-10(5-6-13)11-7-9(15-2)3-4-12(11)14-8;1-2/h3-4,7,14H,5-6,13H2,1-2H3;1H. The van der Waals surface area contributed by atoms with Gasteiger partial charge in [-0.15, -0.1) is 0 Å². The van der Waals surface area contributed by atoms with Crippen LogP contribution in [-0.2, 0) is 6.42 Å². The number of aromatic amines is 1. The van der Waals surface area contributed by atoms with Crippen molar-refractivity contribution in [3.63, 3.8) is 0 Å². The monoisotopic (exact) mass is 231 g/mol. The molecule has 0 unspecified atom stereocenters. The highest BCUT2D eigenvalue weighted by Crippen LogP contribution is 2.26. The van der Waals surface area contributed by atoms with Gasteiger partial charge in [-0.25, -0.2) is 5.26 Å². The molecule has 0 radical (unpaired) electrons. The molecule has 3 N–H and O–H groups in total. The second kappa shape index (κ2) is 5.92. The van der Waals surface area contributed by atoms with Crippen molar-refractivity contribution in [2.75, 3.05) is 13.7 Å². The molecule has 1 aromatic carbocycles. The summed E-state index contributed by atoms with van der Waals surface area (Å²) in [5, 5.41) is 7.72. The smallest absolute Gasteiger partial charge is 0.119 e. The van der Waals surface area contributed by atoms with Crippen LogP contribution in [-0.4, -0.2) is 18.6 Å². The molecule has 0 spiro atoms. The van der Waals surface area contributed by atoms with Crippen molar-refractivity contribution in [2.45, 2.75) is 13.3 Å². The van der Waals surface area contributed by atoms with Crippen molar-refractivity contribution in [1.82, 2.24) is 4.98 Å². The maximum atomic E-state index is 6.50. The van der Waals surface area contributed by atoms with Crippen LogP contribution in [0.5, 0.6) is 5.75 Å². The molecular weight excluding hydrogens is 214 g/mol. The maximum Gasteiger partial charge on any atom is 0.119 e. The Morgan fingerprint density at radius 2 is 2.12 bits per heavy atom. The molecule has 0 bridgehead atoms. The van der Waals surface area contributed by atoms with E-state index < -0.39 is 0 Å². The Bertz CT molecular complexity index is 514. The van der Waals surface area contributed by atoms with Crippen LogP contribution >= 0.6 is 0 Å². The molecule has 4 nitrogen and oxygen atoms in total. The summed E-state index contributed by atoms with van der Waals surface area (Å²) in [6.07, 6.45) is 0.902. The normalized spacial score (nSPS) is 9.71. The summed E-state index contributed by atoms with van der Waals surface area (Å²) in [6.45, 7) is 6.25. The van der Waals surface area contributed by atoms with Gasteiger partial charge in [0.2, 0.25) is 0 Å². The van der Waals surface area contributed by atoms with E-state index in [0.29, 0.717) is 6.54 Å². The molecule has 0 saturated carbocycles. The van der Waals surface area contributed by atoms with E-state index in [4.69, 9.17) is 15.7 Å².